The summed E-state index contributed by atoms with van der Waals surface area (Å²) in [4.78, 5) is 1.75. The van der Waals surface area contributed by atoms with Crippen LogP contribution < -0.4 is 0 Å². The maximum absolute atomic E-state index is 11.4. The van der Waals surface area contributed by atoms with Crippen molar-refractivity contribution in [2.24, 2.45) is 0 Å². The van der Waals surface area contributed by atoms with Gasteiger partial charge in [-0.3, -0.25) is 4.21 Å². The van der Waals surface area contributed by atoms with Crippen LogP contribution in [-0.4, -0.2) is 14.7 Å². The van der Waals surface area contributed by atoms with E-state index in [-0.39, 0.29) is 0 Å². The minimum Gasteiger partial charge on any atom is -0.255 e. The minimum absolute atomic E-state index is 0.829. The molecule has 2 aromatic carbocycles. The summed E-state index contributed by atoms with van der Waals surface area (Å²) in [6, 6.07) is 17.1. The molecule has 4 heteroatoms. The summed E-state index contributed by atoms with van der Waals surface area (Å²) < 4.78 is 22.1. The summed E-state index contributed by atoms with van der Waals surface area (Å²) in [5, 5.41) is 1.69. The molecule has 0 aliphatic rings. The van der Waals surface area contributed by atoms with E-state index in [0.29, 0.717) is 0 Å². The number of rotatable bonds is 3. The third-order valence-corrected chi connectivity index (χ3v) is 4.78. The topological polar surface area (TPSA) is 34.1 Å². The predicted octanol–water partition coefficient (Wildman–Crippen LogP) is 4.06. The molecule has 0 radical (unpaired) electrons. The van der Waals surface area contributed by atoms with Crippen molar-refractivity contribution in [3.05, 3.63) is 71.6 Å². The van der Waals surface area contributed by atoms with Gasteiger partial charge in [0, 0.05) is 32.3 Å². The summed E-state index contributed by atoms with van der Waals surface area (Å²) >= 11 is 0. The Kier molecular flexibility index (Phi) is 7.87. The van der Waals surface area contributed by atoms with Crippen LogP contribution in [0.2, 0.25) is 0 Å². The SMILES string of the molecule is CC=CS(=O)c1ccc(C)cc1.CS(=O)c1ccccc1. The number of allylic oxidation sites excluding steroid dienone is 1. The molecular formula is C17H20O2S2. The molecule has 0 fully saturated rings. The second-order valence-electron chi connectivity index (χ2n) is 4.35. The van der Waals surface area contributed by atoms with Crippen LogP contribution in [0.3, 0.4) is 0 Å². The van der Waals surface area contributed by atoms with Gasteiger partial charge in [-0.1, -0.05) is 42.0 Å². The summed E-state index contributed by atoms with van der Waals surface area (Å²) in [6.45, 7) is 3.88. The number of hydrogen-bond acceptors (Lipinski definition) is 2. The fourth-order valence-corrected chi connectivity index (χ4v) is 2.84. The molecule has 0 saturated carbocycles. The summed E-state index contributed by atoms with van der Waals surface area (Å²) in [7, 11) is -1.80. The molecule has 0 N–H and O–H groups in total. The fraction of sp³-hybridized carbons (Fsp3) is 0.176. The van der Waals surface area contributed by atoms with Crippen LogP contribution in [0.15, 0.2) is 75.9 Å². The van der Waals surface area contributed by atoms with Crippen molar-refractivity contribution in [1.29, 1.82) is 0 Å². The maximum atomic E-state index is 11.4. The molecule has 0 aromatic heterocycles. The van der Waals surface area contributed by atoms with Crippen LogP contribution in [0, 0.1) is 6.92 Å². The normalized spacial score (nSPS) is 13.3. The molecule has 0 aliphatic carbocycles. The maximum Gasteiger partial charge on any atom is 0.0772 e. The molecule has 0 saturated heterocycles. The standard InChI is InChI=1S/C10H12OS.C7H8OS/c1-3-8-12(11)10-6-4-9(2)5-7-10;1-9(8)7-5-3-2-4-6-7/h3-8H,1-2H3;2-6H,1H3. The first-order valence-corrected chi connectivity index (χ1v) is 9.30. The van der Waals surface area contributed by atoms with E-state index in [1.54, 1.807) is 17.7 Å². The van der Waals surface area contributed by atoms with Gasteiger partial charge in [-0.25, -0.2) is 4.21 Å². The lowest BCUT2D eigenvalue weighted by Gasteiger charge is -1.96. The van der Waals surface area contributed by atoms with Gasteiger partial charge in [-0.15, -0.1) is 0 Å². The third kappa shape index (κ3) is 6.65. The van der Waals surface area contributed by atoms with E-state index >= 15 is 0 Å². The Morgan fingerprint density at radius 1 is 0.857 bits per heavy atom. The highest BCUT2D eigenvalue weighted by Gasteiger charge is 1.96. The van der Waals surface area contributed by atoms with Crippen LogP contribution in [0.4, 0.5) is 0 Å². The van der Waals surface area contributed by atoms with E-state index in [4.69, 9.17) is 0 Å². The smallest absolute Gasteiger partial charge is 0.0772 e. The van der Waals surface area contributed by atoms with Crippen LogP contribution in [0.5, 0.6) is 0 Å². The van der Waals surface area contributed by atoms with Crippen LogP contribution in [0.25, 0.3) is 0 Å². The zero-order chi connectivity index (χ0) is 15.7. The highest BCUT2D eigenvalue weighted by Crippen LogP contribution is 2.08. The molecule has 0 spiro atoms. The second kappa shape index (κ2) is 9.42. The Hall–Kier alpha value is -1.52. The van der Waals surface area contributed by atoms with Gasteiger partial charge in [-0.2, -0.15) is 0 Å². The zero-order valence-corrected chi connectivity index (χ0v) is 14.1. The van der Waals surface area contributed by atoms with Crippen LogP contribution in [-0.2, 0) is 21.6 Å². The first kappa shape index (κ1) is 17.5. The van der Waals surface area contributed by atoms with E-state index in [2.05, 4.69) is 0 Å². The van der Waals surface area contributed by atoms with E-state index in [0.717, 1.165) is 9.79 Å². The van der Waals surface area contributed by atoms with E-state index in [1.165, 1.54) is 5.56 Å². The second-order valence-corrected chi connectivity index (χ2v) is 7.07. The van der Waals surface area contributed by atoms with Crippen molar-refractivity contribution in [3.63, 3.8) is 0 Å². The molecule has 0 aliphatic heterocycles. The molecule has 21 heavy (non-hydrogen) atoms. The molecule has 2 nitrogen and oxygen atoms in total. The van der Waals surface area contributed by atoms with Gasteiger partial charge < -0.3 is 0 Å². The Bertz CT molecular complexity index is 617. The van der Waals surface area contributed by atoms with Crippen LogP contribution >= 0.6 is 0 Å². The molecule has 0 amide bonds. The Morgan fingerprint density at radius 3 is 1.86 bits per heavy atom. The Balaban J connectivity index is 0.000000219. The Labute approximate surface area is 131 Å². The van der Waals surface area contributed by atoms with Crippen molar-refractivity contribution < 1.29 is 8.42 Å². The van der Waals surface area contributed by atoms with Crippen molar-refractivity contribution in [1.82, 2.24) is 0 Å². The molecular weight excluding hydrogens is 300 g/mol. The monoisotopic (exact) mass is 320 g/mol. The third-order valence-electron chi connectivity index (χ3n) is 2.59. The van der Waals surface area contributed by atoms with E-state index in [1.807, 2.05) is 68.4 Å². The van der Waals surface area contributed by atoms with Crippen molar-refractivity contribution in [2.45, 2.75) is 23.6 Å². The number of benzene rings is 2. The molecule has 2 atom stereocenters. The van der Waals surface area contributed by atoms with Gasteiger partial charge in [-0.05, 0) is 38.1 Å². The van der Waals surface area contributed by atoms with Gasteiger partial charge in [0.05, 0.1) is 10.8 Å². The van der Waals surface area contributed by atoms with Gasteiger partial charge in [0.15, 0.2) is 0 Å². The van der Waals surface area contributed by atoms with Crippen molar-refractivity contribution in [3.8, 4) is 0 Å². The summed E-state index contributed by atoms with van der Waals surface area (Å²) in [6.07, 6.45) is 3.48. The molecule has 112 valence electrons. The number of hydrogen-bond donors (Lipinski definition) is 0. The highest BCUT2D eigenvalue weighted by atomic mass is 32.2. The van der Waals surface area contributed by atoms with Crippen molar-refractivity contribution in [2.75, 3.05) is 6.26 Å². The predicted molar refractivity (Wildman–Crippen MR) is 91.2 cm³/mol. The lowest BCUT2D eigenvalue weighted by molar-refractivity contribution is 0.686. The molecule has 0 bridgehead atoms. The lowest BCUT2D eigenvalue weighted by Crippen LogP contribution is -1.85. The molecule has 2 unspecified atom stereocenters. The van der Waals surface area contributed by atoms with Crippen molar-refractivity contribution >= 4 is 21.6 Å². The largest absolute Gasteiger partial charge is 0.255 e. The first-order valence-electron chi connectivity index (χ1n) is 6.53. The minimum atomic E-state index is -0.972. The number of aryl methyl sites for hydroxylation is 1. The fourth-order valence-electron chi connectivity index (χ4n) is 1.49. The molecule has 2 aromatic rings. The van der Waals surface area contributed by atoms with Gasteiger partial charge >= 0.3 is 0 Å². The molecule has 0 heterocycles. The highest BCUT2D eigenvalue weighted by molar-refractivity contribution is 7.88. The zero-order valence-electron chi connectivity index (χ0n) is 12.5. The van der Waals surface area contributed by atoms with E-state index < -0.39 is 21.6 Å². The van der Waals surface area contributed by atoms with Gasteiger partial charge in [0.1, 0.15) is 0 Å². The Morgan fingerprint density at radius 2 is 1.43 bits per heavy atom. The van der Waals surface area contributed by atoms with E-state index in [9.17, 15) is 8.42 Å². The molecule has 2 rings (SSSR count). The van der Waals surface area contributed by atoms with Gasteiger partial charge in [0.25, 0.3) is 0 Å². The lowest BCUT2D eigenvalue weighted by atomic mass is 10.2. The average molecular weight is 320 g/mol. The quantitative estimate of drug-likeness (QED) is 0.854. The van der Waals surface area contributed by atoms with Gasteiger partial charge in [0.2, 0.25) is 0 Å². The average Bonchev–Trinajstić information content (AvgIpc) is 2.50. The first-order chi connectivity index (χ1) is 10.0. The van der Waals surface area contributed by atoms with Crippen LogP contribution in [0.1, 0.15) is 12.5 Å². The summed E-state index contributed by atoms with van der Waals surface area (Å²) in [5.74, 6) is 0. The summed E-state index contributed by atoms with van der Waals surface area (Å²) in [5.41, 5.74) is 1.19.